The topological polar surface area (TPSA) is 128 Å². The van der Waals surface area contributed by atoms with Crippen LogP contribution in [0, 0.1) is 15.9 Å². The summed E-state index contributed by atoms with van der Waals surface area (Å²) >= 11 is 4.11. The van der Waals surface area contributed by atoms with E-state index in [4.69, 9.17) is 9.47 Å². The number of nitro benzene ring substituents is 1. The molecule has 0 aromatic heterocycles. The van der Waals surface area contributed by atoms with Crippen molar-refractivity contribution in [3.63, 3.8) is 0 Å². The van der Waals surface area contributed by atoms with Gasteiger partial charge < -0.3 is 14.8 Å². The van der Waals surface area contributed by atoms with Crippen molar-refractivity contribution in [2.45, 2.75) is 13.5 Å². The number of carbonyl (C=O) groups excluding carboxylic acids is 3. The number of benzene rings is 3. The number of non-ortho nitro benzene ring substituents is 1. The third-order valence-electron chi connectivity index (χ3n) is 5.49. The highest BCUT2D eigenvalue weighted by Gasteiger charge is 2.36. The predicted octanol–water partition coefficient (Wildman–Crippen LogP) is 6.15. The van der Waals surface area contributed by atoms with Gasteiger partial charge >= 0.3 is 0 Å². The molecule has 3 aromatic rings. The second kappa shape index (κ2) is 12.7. The van der Waals surface area contributed by atoms with Crippen LogP contribution in [0.5, 0.6) is 11.5 Å². The molecule has 3 aromatic carbocycles. The maximum Gasteiger partial charge on any atom is 0.294 e. The van der Waals surface area contributed by atoms with E-state index in [2.05, 4.69) is 21.2 Å². The van der Waals surface area contributed by atoms with Gasteiger partial charge in [-0.1, -0.05) is 40.2 Å². The Labute approximate surface area is 240 Å². The SMILES string of the molecule is CCOc1cc(/C=C2\SC(=O)N(CC(=O)Nc3ccccc3F)C2=O)c(Br)cc1OCc1cccc([N+](=O)[O-])c1. The Kier molecular flexibility index (Phi) is 9.17. The summed E-state index contributed by atoms with van der Waals surface area (Å²) in [6.45, 7) is 1.55. The van der Waals surface area contributed by atoms with Crippen LogP contribution in [0.1, 0.15) is 18.1 Å². The Morgan fingerprint density at radius 1 is 1.12 bits per heavy atom. The van der Waals surface area contributed by atoms with E-state index >= 15 is 0 Å². The molecule has 0 saturated carbocycles. The summed E-state index contributed by atoms with van der Waals surface area (Å²) in [6, 6.07) is 14.9. The third kappa shape index (κ3) is 6.85. The minimum absolute atomic E-state index is 0.0430. The molecule has 10 nitrogen and oxygen atoms in total. The van der Waals surface area contributed by atoms with Crippen LogP contribution in [0.25, 0.3) is 6.08 Å². The highest BCUT2D eigenvalue weighted by molar-refractivity contribution is 9.10. The van der Waals surface area contributed by atoms with Gasteiger partial charge in [0.2, 0.25) is 5.91 Å². The number of carbonyl (C=O) groups is 3. The predicted molar refractivity (Wildman–Crippen MR) is 150 cm³/mol. The number of nitrogens with one attached hydrogen (secondary N) is 1. The molecule has 13 heteroatoms. The Morgan fingerprint density at radius 2 is 1.88 bits per heavy atom. The fourth-order valence-corrected chi connectivity index (χ4v) is 4.90. The monoisotopic (exact) mass is 629 g/mol. The molecule has 1 saturated heterocycles. The van der Waals surface area contributed by atoms with Crippen molar-refractivity contribution in [3.8, 4) is 11.5 Å². The van der Waals surface area contributed by atoms with Crippen LogP contribution < -0.4 is 14.8 Å². The van der Waals surface area contributed by atoms with Gasteiger partial charge in [-0.25, -0.2) is 4.39 Å². The second-order valence-electron chi connectivity index (χ2n) is 8.27. The van der Waals surface area contributed by atoms with Crippen molar-refractivity contribution in [2.75, 3.05) is 18.5 Å². The highest BCUT2D eigenvalue weighted by atomic mass is 79.9. The van der Waals surface area contributed by atoms with E-state index in [-0.39, 0.29) is 22.9 Å². The molecule has 206 valence electrons. The van der Waals surface area contributed by atoms with E-state index in [0.717, 1.165) is 4.90 Å². The molecule has 0 spiro atoms. The zero-order valence-corrected chi connectivity index (χ0v) is 23.3. The first-order valence-corrected chi connectivity index (χ1v) is 13.4. The summed E-state index contributed by atoms with van der Waals surface area (Å²) in [4.78, 5) is 49.2. The standard InChI is InChI=1S/C27H21BrFN3O7S/c1-2-38-22-11-17(19(28)13-23(22)39-15-16-6-5-7-18(10-16)32(36)37)12-24-26(34)31(27(35)40-24)14-25(33)30-21-9-4-3-8-20(21)29/h3-13H,2,14-15H2,1H3,(H,30,33)/b24-12-. The second-order valence-corrected chi connectivity index (χ2v) is 10.1. The van der Waals surface area contributed by atoms with E-state index in [9.17, 15) is 28.9 Å². The van der Waals surface area contributed by atoms with E-state index < -0.39 is 34.3 Å². The van der Waals surface area contributed by atoms with Crippen molar-refractivity contribution in [1.82, 2.24) is 4.90 Å². The minimum atomic E-state index is -0.723. The van der Waals surface area contributed by atoms with Gasteiger partial charge in [0.05, 0.1) is 22.1 Å². The third-order valence-corrected chi connectivity index (χ3v) is 7.08. The van der Waals surface area contributed by atoms with Gasteiger partial charge in [-0.2, -0.15) is 0 Å². The zero-order valence-electron chi connectivity index (χ0n) is 20.9. The number of anilines is 1. The van der Waals surface area contributed by atoms with Crippen molar-refractivity contribution in [3.05, 3.63) is 97.1 Å². The number of rotatable bonds is 10. The number of para-hydroxylation sites is 1. The number of nitrogens with zero attached hydrogens (tertiary/aromatic N) is 2. The fourth-order valence-electron chi connectivity index (χ4n) is 3.64. The summed E-state index contributed by atoms with van der Waals surface area (Å²) in [5.74, 6) is -1.33. The number of nitro groups is 1. The fraction of sp³-hybridized carbons (Fsp3) is 0.148. The van der Waals surface area contributed by atoms with E-state index in [1.807, 2.05) is 0 Å². The molecule has 0 atom stereocenters. The quantitative estimate of drug-likeness (QED) is 0.161. The molecule has 0 radical (unpaired) electrons. The molecule has 40 heavy (non-hydrogen) atoms. The van der Waals surface area contributed by atoms with Gasteiger partial charge in [0.15, 0.2) is 11.5 Å². The molecule has 1 fully saturated rings. The normalized spacial score (nSPS) is 14.0. The molecule has 0 aliphatic carbocycles. The Morgan fingerprint density at radius 3 is 2.60 bits per heavy atom. The van der Waals surface area contributed by atoms with Gasteiger partial charge in [0.25, 0.3) is 16.8 Å². The molecule has 4 rings (SSSR count). The average molecular weight is 630 g/mol. The summed E-state index contributed by atoms with van der Waals surface area (Å²) in [6.07, 6.45) is 1.48. The van der Waals surface area contributed by atoms with Crippen molar-refractivity contribution in [1.29, 1.82) is 0 Å². The number of imide groups is 1. The van der Waals surface area contributed by atoms with Crippen molar-refractivity contribution >= 4 is 62.2 Å². The van der Waals surface area contributed by atoms with Gasteiger partial charge in [-0.3, -0.25) is 29.4 Å². The molecule has 1 aliphatic heterocycles. The van der Waals surface area contributed by atoms with Gasteiger partial charge in [-0.05, 0) is 60.2 Å². The lowest BCUT2D eigenvalue weighted by atomic mass is 10.1. The Bertz CT molecular complexity index is 1530. The minimum Gasteiger partial charge on any atom is -0.490 e. The first kappa shape index (κ1) is 28.8. The molecular formula is C27H21BrFN3O7S. The van der Waals surface area contributed by atoms with Gasteiger partial charge in [0, 0.05) is 16.6 Å². The maximum atomic E-state index is 13.8. The van der Waals surface area contributed by atoms with Crippen LogP contribution in [-0.4, -0.2) is 40.0 Å². The maximum absolute atomic E-state index is 13.8. The highest BCUT2D eigenvalue weighted by Crippen LogP contribution is 2.38. The smallest absolute Gasteiger partial charge is 0.294 e. The number of ether oxygens (including phenoxy) is 2. The van der Waals surface area contributed by atoms with Crippen LogP contribution in [0.4, 0.5) is 20.6 Å². The number of halogens is 2. The summed E-state index contributed by atoms with van der Waals surface area (Å²) in [5.41, 5.74) is 0.980. The van der Waals surface area contributed by atoms with Crippen LogP contribution >= 0.6 is 27.7 Å². The molecule has 1 aliphatic rings. The molecule has 1 heterocycles. The largest absolute Gasteiger partial charge is 0.490 e. The van der Waals surface area contributed by atoms with E-state index in [1.54, 1.807) is 37.3 Å². The number of hydrogen-bond donors (Lipinski definition) is 1. The van der Waals surface area contributed by atoms with Gasteiger partial charge in [0.1, 0.15) is 19.0 Å². The van der Waals surface area contributed by atoms with E-state index in [1.165, 1.54) is 36.4 Å². The number of thioether (sulfide) groups is 1. The lowest BCUT2D eigenvalue weighted by Gasteiger charge is -2.14. The molecule has 0 bridgehead atoms. The molecule has 1 N–H and O–H groups in total. The van der Waals surface area contributed by atoms with Gasteiger partial charge in [-0.15, -0.1) is 0 Å². The van der Waals surface area contributed by atoms with Crippen LogP contribution in [0.2, 0.25) is 0 Å². The number of hydrogen-bond acceptors (Lipinski definition) is 8. The first-order chi connectivity index (χ1) is 19.2. The van der Waals surface area contributed by atoms with Crippen LogP contribution in [0.3, 0.4) is 0 Å². The summed E-state index contributed by atoms with van der Waals surface area (Å²) < 4.78 is 25.9. The van der Waals surface area contributed by atoms with Crippen LogP contribution in [0.15, 0.2) is 70.0 Å². The van der Waals surface area contributed by atoms with E-state index in [0.29, 0.717) is 45.5 Å². The lowest BCUT2D eigenvalue weighted by Crippen LogP contribution is -2.36. The zero-order chi connectivity index (χ0) is 28.8. The lowest BCUT2D eigenvalue weighted by molar-refractivity contribution is -0.384. The summed E-state index contributed by atoms with van der Waals surface area (Å²) in [7, 11) is 0. The molecule has 3 amide bonds. The Hall–Kier alpha value is -4.23. The number of amides is 3. The Balaban J connectivity index is 1.50. The molecular weight excluding hydrogens is 609 g/mol. The van der Waals surface area contributed by atoms with Crippen molar-refractivity contribution in [2.24, 2.45) is 0 Å². The summed E-state index contributed by atoms with van der Waals surface area (Å²) in [5, 5.41) is 12.8. The first-order valence-electron chi connectivity index (χ1n) is 11.8. The van der Waals surface area contributed by atoms with Crippen molar-refractivity contribution < 1.29 is 33.2 Å². The average Bonchev–Trinajstić information content (AvgIpc) is 3.18. The molecule has 0 unspecified atom stereocenters. The van der Waals surface area contributed by atoms with Crippen LogP contribution in [-0.2, 0) is 16.2 Å².